The zero-order chi connectivity index (χ0) is 18.5. The Morgan fingerprint density at radius 1 is 0.458 bits per heavy atom. The highest BCUT2D eigenvalue weighted by Crippen LogP contribution is 2.37. The molecular weight excluding hydrogens is 384 g/mol. The maximum Gasteiger partial charge on any atom is 0.485 e. The minimum atomic E-state index is -3.07. The van der Waals surface area contributed by atoms with Crippen molar-refractivity contribution in [1.82, 2.24) is 0 Å². The maximum absolute atomic E-state index is 6.40. The molecule has 0 N–H and O–H groups in total. The van der Waals surface area contributed by atoms with Crippen LogP contribution in [-0.2, 0) is 34.2 Å². The third kappa shape index (κ3) is 4.44. The van der Waals surface area contributed by atoms with Gasteiger partial charge in [0.2, 0.25) is 0 Å². The molecule has 1 fully saturated rings. The Labute approximate surface area is 150 Å². The van der Waals surface area contributed by atoms with Crippen LogP contribution < -0.4 is 0 Å². The standard InChI is InChI=1S/C12H32O8Si4/c1-9-21(13-5)17-22(10-2,14-6)19-24(12-4,16-8)20-23(11-3,15-7)18-21/h9-12H2,1-8H3. The van der Waals surface area contributed by atoms with Gasteiger partial charge in [0.15, 0.2) is 0 Å². The first-order chi connectivity index (χ1) is 11.3. The van der Waals surface area contributed by atoms with Crippen LogP contribution in [0.5, 0.6) is 0 Å². The summed E-state index contributed by atoms with van der Waals surface area (Å²) in [6.07, 6.45) is 0. The van der Waals surface area contributed by atoms with Crippen molar-refractivity contribution in [1.29, 1.82) is 0 Å². The Bertz CT molecular complexity index is 295. The third-order valence-electron chi connectivity index (χ3n) is 4.22. The molecule has 0 aromatic carbocycles. The highest BCUT2D eigenvalue weighted by Gasteiger charge is 2.65. The fraction of sp³-hybridized carbons (Fsp3) is 1.00. The summed E-state index contributed by atoms with van der Waals surface area (Å²) in [4.78, 5) is 0. The summed E-state index contributed by atoms with van der Waals surface area (Å²) < 4.78 is 48.5. The zero-order valence-corrected chi connectivity index (χ0v) is 20.1. The Morgan fingerprint density at radius 3 is 0.708 bits per heavy atom. The van der Waals surface area contributed by atoms with Gasteiger partial charge in [-0.15, -0.1) is 0 Å². The molecule has 1 saturated heterocycles. The number of rotatable bonds is 8. The summed E-state index contributed by atoms with van der Waals surface area (Å²) in [7, 11) is -5.90. The van der Waals surface area contributed by atoms with E-state index in [2.05, 4.69) is 0 Å². The Morgan fingerprint density at radius 2 is 0.625 bits per heavy atom. The van der Waals surface area contributed by atoms with Gasteiger partial charge in [-0.05, 0) is 0 Å². The molecule has 0 aliphatic carbocycles. The molecule has 144 valence electrons. The lowest BCUT2D eigenvalue weighted by Gasteiger charge is -2.48. The minimum Gasteiger partial charge on any atom is -0.378 e. The van der Waals surface area contributed by atoms with Gasteiger partial charge in [-0.2, -0.15) is 0 Å². The van der Waals surface area contributed by atoms with Gasteiger partial charge in [0.25, 0.3) is 0 Å². The summed E-state index contributed by atoms with van der Waals surface area (Å²) in [5.74, 6) is 0. The van der Waals surface area contributed by atoms with Crippen molar-refractivity contribution in [3.63, 3.8) is 0 Å². The first kappa shape index (κ1) is 22.6. The summed E-state index contributed by atoms with van der Waals surface area (Å²) in [6, 6.07) is 2.28. The maximum atomic E-state index is 6.40. The van der Waals surface area contributed by atoms with Crippen LogP contribution in [0.15, 0.2) is 0 Å². The van der Waals surface area contributed by atoms with Crippen LogP contribution in [0.25, 0.3) is 0 Å². The van der Waals surface area contributed by atoms with Crippen molar-refractivity contribution in [2.45, 2.75) is 51.9 Å². The second kappa shape index (κ2) is 8.96. The second-order valence-electron chi connectivity index (χ2n) is 5.37. The average molecular weight is 417 g/mol. The summed E-state index contributed by atoms with van der Waals surface area (Å²) in [6.45, 7) is 7.86. The predicted octanol–water partition coefficient (Wildman–Crippen LogP) is 2.49. The zero-order valence-electron chi connectivity index (χ0n) is 16.1. The molecule has 0 atom stereocenters. The molecule has 0 aromatic rings. The SMILES string of the molecule is CC[Si]1(OC)O[Si](CC)(OC)O[Si](CC)(OC)O[Si](CC)(OC)O1. The van der Waals surface area contributed by atoms with E-state index in [0.29, 0.717) is 24.2 Å². The second-order valence-corrected chi connectivity index (χ2v) is 18.6. The van der Waals surface area contributed by atoms with Crippen LogP contribution in [-0.4, -0.2) is 63.7 Å². The quantitative estimate of drug-likeness (QED) is 0.559. The van der Waals surface area contributed by atoms with Crippen LogP contribution in [0.4, 0.5) is 0 Å². The minimum absolute atomic E-state index is 0.570. The number of hydrogen-bond donors (Lipinski definition) is 0. The Kier molecular flexibility index (Phi) is 8.44. The molecule has 0 saturated carbocycles. The van der Waals surface area contributed by atoms with Gasteiger partial charge >= 0.3 is 35.2 Å². The topological polar surface area (TPSA) is 73.8 Å². The molecule has 0 bridgehead atoms. The predicted molar refractivity (Wildman–Crippen MR) is 97.3 cm³/mol. The van der Waals surface area contributed by atoms with E-state index in [1.807, 2.05) is 27.7 Å². The van der Waals surface area contributed by atoms with Crippen LogP contribution >= 0.6 is 0 Å². The molecule has 24 heavy (non-hydrogen) atoms. The molecule has 0 spiro atoms. The van der Waals surface area contributed by atoms with Crippen molar-refractivity contribution in [3.8, 4) is 0 Å². The molecule has 8 nitrogen and oxygen atoms in total. The Balaban J connectivity index is 3.45. The van der Waals surface area contributed by atoms with Crippen molar-refractivity contribution in [2.24, 2.45) is 0 Å². The average Bonchev–Trinajstić information content (AvgIpc) is 2.63. The van der Waals surface area contributed by atoms with E-state index >= 15 is 0 Å². The highest BCUT2D eigenvalue weighted by atomic mass is 28.6. The van der Waals surface area contributed by atoms with Crippen molar-refractivity contribution < 1.29 is 34.2 Å². The molecular formula is C12H32O8Si4. The molecule has 1 heterocycles. The van der Waals surface area contributed by atoms with Gasteiger partial charge in [0, 0.05) is 52.6 Å². The van der Waals surface area contributed by atoms with Gasteiger partial charge in [-0.3, -0.25) is 0 Å². The van der Waals surface area contributed by atoms with E-state index in [-0.39, 0.29) is 0 Å². The fourth-order valence-electron chi connectivity index (χ4n) is 2.52. The summed E-state index contributed by atoms with van der Waals surface area (Å²) in [5, 5.41) is 0. The van der Waals surface area contributed by atoms with E-state index < -0.39 is 35.2 Å². The van der Waals surface area contributed by atoms with Crippen molar-refractivity contribution in [2.75, 3.05) is 28.4 Å². The van der Waals surface area contributed by atoms with Crippen LogP contribution in [0, 0.1) is 0 Å². The molecule has 0 unspecified atom stereocenters. The van der Waals surface area contributed by atoms with Crippen molar-refractivity contribution >= 4 is 35.2 Å². The van der Waals surface area contributed by atoms with Crippen LogP contribution in [0.3, 0.4) is 0 Å². The lowest BCUT2D eigenvalue weighted by molar-refractivity contribution is 0.0381. The highest BCUT2D eigenvalue weighted by molar-refractivity contribution is 6.89. The first-order valence-electron chi connectivity index (χ1n) is 8.33. The van der Waals surface area contributed by atoms with Crippen LogP contribution in [0.2, 0.25) is 24.2 Å². The molecule has 0 aromatic heterocycles. The normalized spacial score (nSPS) is 41.0. The van der Waals surface area contributed by atoms with E-state index in [4.69, 9.17) is 34.2 Å². The fourth-order valence-corrected chi connectivity index (χ4v) is 20.7. The number of hydrogen-bond acceptors (Lipinski definition) is 8. The summed E-state index contributed by atoms with van der Waals surface area (Å²) in [5.41, 5.74) is 0. The van der Waals surface area contributed by atoms with E-state index in [9.17, 15) is 0 Å². The molecule has 1 rings (SSSR count). The van der Waals surface area contributed by atoms with E-state index in [0.717, 1.165) is 0 Å². The molecule has 12 heteroatoms. The lowest BCUT2D eigenvalue weighted by atomic mass is 11.0. The third-order valence-corrected chi connectivity index (χ3v) is 20.1. The van der Waals surface area contributed by atoms with Gasteiger partial charge in [0.1, 0.15) is 0 Å². The van der Waals surface area contributed by atoms with E-state index in [1.54, 1.807) is 28.4 Å². The summed E-state index contributed by atoms with van der Waals surface area (Å²) >= 11 is 0. The van der Waals surface area contributed by atoms with Gasteiger partial charge in [-0.25, -0.2) is 0 Å². The first-order valence-corrected chi connectivity index (χ1v) is 16.1. The molecule has 0 radical (unpaired) electrons. The Hall–Kier alpha value is 0.548. The monoisotopic (exact) mass is 416 g/mol. The van der Waals surface area contributed by atoms with Gasteiger partial charge < -0.3 is 34.2 Å². The smallest absolute Gasteiger partial charge is 0.378 e. The van der Waals surface area contributed by atoms with Gasteiger partial charge in [-0.1, -0.05) is 27.7 Å². The molecule has 1 aliphatic rings. The van der Waals surface area contributed by atoms with E-state index in [1.165, 1.54) is 0 Å². The van der Waals surface area contributed by atoms with Crippen molar-refractivity contribution in [3.05, 3.63) is 0 Å². The molecule has 0 amide bonds. The molecule has 1 aliphatic heterocycles. The van der Waals surface area contributed by atoms with Gasteiger partial charge in [0.05, 0.1) is 0 Å². The largest absolute Gasteiger partial charge is 0.485 e. The lowest BCUT2D eigenvalue weighted by Crippen LogP contribution is -2.72. The van der Waals surface area contributed by atoms with Crippen LogP contribution in [0.1, 0.15) is 27.7 Å².